The van der Waals surface area contributed by atoms with Crippen LogP contribution in [0.3, 0.4) is 0 Å². The Morgan fingerprint density at radius 1 is 1.18 bits per heavy atom. The first kappa shape index (κ1) is 28.3. The van der Waals surface area contributed by atoms with Gasteiger partial charge in [0, 0.05) is 36.8 Å². The van der Waals surface area contributed by atoms with Gasteiger partial charge in [0.2, 0.25) is 11.8 Å². The number of carbonyl (C=O) groups is 6. The first-order valence-electron chi connectivity index (χ1n) is 9.95. The molecule has 0 aliphatic carbocycles. The summed E-state index contributed by atoms with van der Waals surface area (Å²) >= 11 is 0.863. The van der Waals surface area contributed by atoms with Crippen LogP contribution >= 0.6 is 11.8 Å². The van der Waals surface area contributed by atoms with Crippen molar-refractivity contribution in [1.82, 2.24) is 10.6 Å². The maximum atomic E-state index is 12.4. The molecule has 1 saturated heterocycles. The lowest BCUT2D eigenvalue weighted by Gasteiger charge is -2.29. The second-order valence-corrected chi connectivity index (χ2v) is 8.73. The number of nitrogens with one attached hydrogen (secondary N) is 2. The Labute approximate surface area is 194 Å². The Morgan fingerprint density at radius 2 is 1.88 bits per heavy atom. The molecule has 1 heterocycles. The van der Waals surface area contributed by atoms with Crippen molar-refractivity contribution in [3.8, 4) is 0 Å². The van der Waals surface area contributed by atoms with Crippen molar-refractivity contribution < 1.29 is 48.1 Å². The number of aliphatic hydroxyl groups excluding tert-OH is 1. The van der Waals surface area contributed by atoms with Crippen molar-refractivity contribution in [2.75, 3.05) is 32.6 Å². The highest BCUT2D eigenvalue weighted by atomic mass is 32.2. The number of thioether (sulfide) groups is 1. The number of aliphatic hydroxyl groups is 1. The molecule has 3 N–H and O–H groups in total. The van der Waals surface area contributed by atoms with Crippen LogP contribution in [0.5, 0.6) is 0 Å². The van der Waals surface area contributed by atoms with Crippen LogP contribution in [0.25, 0.3) is 0 Å². The molecular weight excluding hydrogens is 460 g/mol. The number of amides is 2. The first-order chi connectivity index (χ1) is 15.5. The predicted octanol–water partition coefficient (Wildman–Crippen LogP) is -1.16. The minimum absolute atomic E-state index is 0.0153. The van der Waals surface area contributed by atoms with Crippen LogP contribution in [0, 0.1) is 5.41 Å². The number of hydrogen-bond acceptors (Lipinski definition) is 11. The summed E-state index contributed by atoms with van der Waals surface area (Å²) in [5, 5.41) is 14.3. The Balaban J connectivity index is 2.27. The summed E-state index contributed by atoms with van der Waals surface area (Å²) in [6.07, 6.45) is -1.57. The van der Waals surface area contributed by atoms with Gasteiger partial charge in [-0.05, 0) is 6.08 Å². The highest BCUT2D eigenvalue weighted by molar-refractivity contribution is 8.13. The maximum absolute atomic E-state index is 12.4. The molecule has 33 heavy (non-hydrogen) atoms. The number of ether oxygens (including phenoxy) is 3. The van der Waals surface area contributed by atoms with Crippen LogP contribution < -0.4 is 10.6 Å². The van der Waals surface area contributed by atoms with Gasteiger partial charge in [-0.1, -0.05) is 25.6 Å². The van der Waals surface area contributed by atoms with E-state index in [0.717, 1.165) is 31.0 Å². The molecule has 0 saturated carbocycles. The second kappa shape index (κ2) is 13.7. The minimum atomic E-state index is -1.87. The van der Waals surface area contributed by atoms with Crippen LogP contribution in [-0.4, -0.2) is 84.7 Å². The molecule has 1 unspecified atom stereocenters. The topological polar surface area (TPSA) is 174 Å². The van der Waals surface area contributed by atoms with Crippen molar-refractivity contribution in [2.24, 2.45) is 5.41 Å². The Kier molecular flexibility index (Phi) is 11.7. The molecule has 1 rings (SSSR count). The van der Waals surface area contributed by atoms with Crippen molar-refractivity contribution in [3.05, 3.63) is 12.2 Å². The fourth-order valence-corrected chi connectivity index (χ4v) is 3.18. The Hall–Kier alpha value is -2.77. The number of rotatable bonds is 11. The van der Waals surface area contributed by atoms with E-state index in [1.165, 1.54) is 0 Å². The van der Waals surface area contributed by atoms with Gasteiger partial charge in [-0.2, -0.15) is 0 Å². The van der Waals surface area contributed by atoms with Gasteiger partial charge in [-0.3, -0.25) is 19.2 Å². The van der Waals surface area contributed by atoms with E-state index in [0.29, 0.717) is 0 Å². The third-order valence-electron chi connectivity index (χ3n) is 4.26. The number of hydrogen-bond donors (Lipinski definition) is 3. The lowest BCUT2D eigenvalue weighted by atomic mass is 9.87. The Morgan fingerprint density at radius 3 is 2.55 bits per heavy atom. The van der Waals surface area contributed by atoms with E-state index in [1.54, 1.807) is 13.8 Å². The molecule has 2 amide bonds. The molecule has 13 heteroatoms. The van der Waals surface area contributed by atoms with E-state index in [9.17, 15) is 33.9 Å². The molecule has 0 aromatic rings. The number of carbonyl (C=O) groups excluding carboxylic acids is 6. The summed E-state index contributed by atoms with van der Waals surface area (Å²) in [6.45, 7) is 3.30. The lowest BCUT2D eigenvalue weighted by Crippen LogP contribution is -2.48. The van der Waals surface area contributed by atoms with Gasteiger partial charge in [0.05, 0.1) is 20.1 Å². The summed E-state index contributed by atoms with van der Waals surface area (Å²) in [5.41, 5.74) is -0.889. The number of allylic oxidation sites excluding steroid dienone is 1. The summed E-state index contributed by atoms with van der Waals surface area (Å²) in [4.78, 5) is 69.8. The second-order valence-electron chi connectivity index (χ2n) is 7.58. The predicted molar refractivity (Wildman–Crippen MR) is 115 cm³/mol. The van der Waals surface area contributed by atoms with Crippen molar-refractivity contribution in [2.45, 2.75) is 39.1 Å². The first-order valence-corrected chi connectivity index (χ1v) is 10.9. The molecule has 1 aliphatic rings. The average Bonchev–Trinajstić information content (AvgIpc) is 2.86. The smallest absolute Gasteiger partial charge is 0.363 e. The van der Waals surface area contributed by atoms with Gasteiger partial charge >= 0.3 is 11.9 Å². The van der Waals surface area contributed by atoms with Gasteiger partial charge in [0.15, 0.2) is 10.9 Å². The highest BCUT2D eigenvalue weighted by Crippen LogP contribution is 2.28. The minimum Gasteiger partial charge on any atom is -0.466 e. The van der Waals surface area contributed by atoms with Crippen LogP contribution in [0.4, 0.5) is 0 Å². The molecule has 0 bridgehead atoms. The molecule has 1 fully saturated rings. The summed E-state index contributed by atoms with van der Waals surface area (Å²) in [7, 11) is 1.16. The largest absolute Gasteiger partial charge is 0.466 e. The normalized spacial score (nSPS) is 19.8. The standard InChI is InChI=1S/C20H28N2O10S/c1-20(2)11-31-18(28)19(29)32-16(20)17(27)22-7-6-13(24)21-8-9-33-15(26)10-12(23)4-5-14(25)30-3/h4-5,16,19,29H,6-11H2,1-3H3,(H,21,24)(H,22,27)/b5-4+/t16-,19?/m0/s1. The average molecular weight is 489 g/mol. The third-order valence-corrected chi connectivity index (χ3v) is 5.14. The molecule has 12 nitrogen and oxygen atoms in total. The SMILES string of the molecule is COC(=O)/C=C/C(=O)CC(=O)SCCNC(=O)CCNC(=O)[C@@H]1OC(O)C(=O)OCC1(C)C. The summed E-state index contributed by atoms with van der Waals surface area (Å²) in [5.74, 6) is -2.95. The highest BCUT2D eigenvalue weighted by Gasteiger charge is 2.43. The molecule has 0 spiro atoms. The van der Waals surface area contributed by atoms with E-state index in [-0.39, 0.29) is 44.2 Å². The zero-order valence-electron chi connectivity index (χ0n) is 18.6. The number of esters is 2. The zero-order chi connectivity index (χ0) is 25.0. The van der Waals surface area contributed by atoms with Gasteiger partial charge in [0.25, 0.3) is 6.29 Å². The lowest BCUT2D eigenvalue weighted by molar-refractivity contribution is -0.186. The van der Waals surface area contributed by atoms with E-state index in [2.05, 4.69) is 15.4 Å². The Bertz CT molecular complexity index is 796. The van der Waals surface area contributed by atoms with E-state index in [4.69, 9.17) is 9.47 Å². The number of ketones is 1. The van der Waals surface area contributed by atoms with Crippen LogP contribution in [0.2, 0.25) is 0 Å². The van der Waals surface area contributed by atoms with Gasteiger partial charge in [-0.25, -0.2) is 9.59 Å². The van der Waals surface area contributed by atoms with Gasteiger partial charge in [0.1, 0.15) is 6.10 Å². The molecule has 0 aromatic carbocycles. The van der Waals surface area contributed by atoms with E-state index in [1.807, 2.05) is 0 Å². The number of methoxy groups -OCH3 is 1. The quantitative estimate of drug-likeness (QED) is 0.138. The number of cyclic esters (lactones) is 1. The molecule has 0 aromatic heterocycles. The fourth-order valence-electron chi connectivity index (χ4n) is 2.51. The maximum Gasteiger partial charge on any atom is 0.363 e. The third kappa shape index (κ3) is 10.6. The van der Waals surface area contributed by atoms with Crippen molar-refractivity contribution in [3.63, 3.8) is 0 Å². The fraction of sp³-hybridized carbons (Fsp3) is 0.600. The molecular formula is C20H28N2O10S. The zero-order valence-corrected chi connectivity index (χ0v) is 19.4. The van der Waals surface area contributed by atoms with Crippen LogP contribution in [0.1, 0.15) is 26.7 Å². The monoisotopic (exact) mass is 488 g/mol. The van der Waals surface area contributed by atoms with Crippen molar-refractivity contribution in [1.29, 1.82) is 0 Å². The summed E-state index contributed by atoms with van der Waals surface area (Å²) in [6, 6.07) is 0. The molecule has 0 radical (unpaired) electrons. The van der Waals surface area contributed by atoms with Crippen LogP contribution in [0.15, 0.2) is 12.2 Å². The van der Waals surface area contributed by atoms with E-state index < -0.39 is 46.6 Å². The summed E-state index contributed by atoms with van der Waals surface area (Å²) < 4.78 is 14.3. The van der Waals surface area contributed by atoms with E-state index >= 15 is 0 Å². The van der Waals surface area contributed by atoms with Crippen LogP contribution in [-0.2, 0) is 43.0 Å². The molecule has 184 valence electrons. The van der Waals surface area contributed by atoms with Gasteiger partial charge in [-0.15, -0.1) is 0 Å². The molecule has 2 atom stereocenters. The van der Waals surface area contributed by atoms with Crippen molar-refractivity contribution >= 4 is 46.4 Å². The van der Waals surface area contributed by atoms with Gasteiger partial charge < -0.3 is 30.0 Å². The molecule has 1 aliphatic heterocycles.